The van der Waals surface area contributed by atoms with E-state index < -0.39 is 17.1 Å². The zero-order valence-corrected chi connectivity index (χ0v) is 18.4. The molecule has 4 rings (SSSR count). The summed E-state index contributed by atoms with van der Waals surface area (Å²) in [4.78, 5) is 13.5. The number of ether oxygens (including phenoxy) is 1. The van der Waals surface area contributed by atoms with Crippen molar-refractivity contribution >= 4 is 11.0 Å². The Bertz CT molecular complexity index is 1310. The fourth-order valence-electron chi connectivity index (χ4n) is 3.96. The first-order valence-corrected chi connectivity index (χ1v) is 10.4. The molecule has 32 heavy (non-hydrogen) atoms. The van der Waals surface area contributed by atoms with Crippen LogP contribution in [0.15, 0.2) is 45.3 Å². The molecule has 0 bridgehead atoms. The van der Waals surface area contributed by atoms with Gasteiger partial charge in [-0.25, -0.2) is 0 Å². The number of fused-ring (bicyclic) bond motifs is 3. The predicted molar refractivity (Wildman–Crippen MR) is 120 cm³/mol. The Kier molecular flexibility index (Phi) is 5.17. The molecule has 0 amide bonds. The van der Waals surface area contributed by atoms with Crippen molar-refractivity contribution in [2.45, 2.75) is 52.2 Å². The third-order valence-corrected chi connectivity index (χ3v) is 5.89. The molecule has 0 saturated carbocycles. The molecule has 168 valence electrons. The first-order valence-electron chi connectivity index (χ1n) is 10.4. The van der Waals surface area contributed by atoms with Crippen LogP contribution < -0.4 is 10.2 Å². The van der Waals surface area contributed by atoms with Gasteiger partial charge in [-0.3, -0.25) is 4.79 Å². The van der Waals surface area contributed by atoms with Gasteiger partial charge >= 0.3 is 0 Å². The van der Waals surface area contributed by atoms with Gasteiger partial charge in [-0.2, -0.15) is 0 Å². The van der Waals surface area contributed by atoms with E-state index in [-0.39, 0.29) is 45.8 Å². The standard InChI is InChI=1S/C25H26O7/c1-12(2)5-7-15-21(29)20-22(30)17(14-8-6-13(26)9-18(14)27)11-31-24(20)16-10-19(28)25(3,4)32-23(15)16/h5-6,8-9,11,19,26-29H,7,10H2,1-4H3. The Hall–Kier alpha value is -3.45. The van der Waals surface area contributed by atoms with Gasteiger partial charge in [0.05, 0.1) is 11.7 Å². The van der Waals surface area contributed by atoms with Crippen LogP contribution in [0.5, 0.6) is 23.0 Å². The minimum atomic E-state index is -0.884. The first kappa shape index (κ1) is 21.8. The maximum Gasteiger partial charge on any atom is 0.204 e. The summed E-state index contributed by atoms with van der Waals surface area (Å²) in [5.74, 6) is -0.283. The predicted octanol–water partition coefficient (Wildman–Crippen LogP) is 4.16. The van der Waals surface area contributed by atoms with Gasteiger partial charge in [-0.05, 0) is 46.2 Å². The van der Waals surface area contributed by atoms with E-state index in [1.807, 2.05) is 19.9 Å². The van der Waals surface area contributed by atoms with Gasteiger partial charge in [0, 0.05) is 29.2 Å². The molecule has 7 heteroatoms. The van der Waals surface area contributed by atoms with E-state index in [4.69, 9.17) is 9.15 Å². The van der Waals surface area contributed by atoms with Crippen molar-refractivity contribution in [3.8, 4) is 34.1 Å². The average molecular weight is 438 g/mol. The molecule has 7 nitrogen and oxygen atoms in total. The molecule has 0 spiro atoms. The van der Waals surface area contributed by atoms with Crippen molar-refractivity contribution in [3.63, 3.8) is 0 Å². The lowest BCUT2D eigenvalue weighted by Gasteiger charge is -2.38. The van der Waals surface area contributed by atoms with Crippen LogP contribution in [-0.2, 0) is 12.8 Å². The largest absolute Gasteiger partial charge is 0.508 e. The van der Waals surface area contributed by atoms with Gasteiger partial charge in [0.1, 0.15) is 45.8 Å². The van der Waals surface area contributed by atoms with Crippen LogP contribution in [0, 0.1) is 0 Å². The number of rotatable bonds is 3. The van der Waals surface area contributed by atoms with Crippen LogP contribution >= 0.6 is 0 Å². The summed E-state index contributed by atoms with van der Waals surface area (Å²) in [6, 6.07) is 3.87. The normalized spacial score (nSPS) is 17.0. The van der Waals surface area contributed by atoms with E-state index in [0.717, 1.165) is 11.6 Å². The molecule has 0 fully saturated rings. The monoisotopic (exact) mass is 438 g/mol. The minimum absolute atomic E-state index is 0.0380. The second-order valence-corrected chi connectivity index (χ2v) is 8.93. The zero-order chi connectivity index (χ0) is 23.4. The van der Waals surface area contributed by atoms with Crippen LogP contribution in [-0.4, -0.2) is 32.1 Å². The Morgan fingerprint density at radius 3 is 2.56 bits per heavy atom. The average Bonchev–Trinajstić information content (AvgIpc) is 2.69. The van der Waals surface area contributed by atoms with Crippen molar-refractivity contribution in [1.29, 1.82) is 0 Å². The molecule has 0 saturated heterocycles. The van der Waals surface area contributed by atoms with E-state index >= 15 is 0 Å². The van der Waals surface area contributed by atoms with Crippen LogP contribution in [0.2, 0.25) is 0 Å². The van der Waals surface area contributed by atoms with Gasteiger partial charge in [-0.1, -0.05) is 11.6 Å². The summed E-state index contributed by atoms with van der Waals surface area (Å²) in [6.45, 7) is 7.39. The van der Waals surface area contributed by atoms with Gasteiger partial charge in [0.15, 0.2) is 0 Å². The van der Waals surface area contributed by atoms with Crippen molar-refractivity contribution in [2.24, 2.45) is 0 Å². The molecular weight excluding hydrogens is 412 g/mol. The number of allylic oxidation sites excluding steroid dienone is 2. The van der Waals surface area contributed by atoms with Gasteiger partial charge < -0.3 is 29.6 Å². The minimum Gasteiger partial charge on any atom is -0.508 e. The third kappa shape index (κ3) is 3.48. The fourth-order valence-corrected chi connectivity index (χ4v) is 3.96. The number of aliphatic hydroxyl groups is 1. The quantitative estimate of drug-likeness (QED) is 0.453. The summed E-state index contributed by atoms with van der Waals surface area (Å²) >= 11 is 0. The van der Waals surface area contributed by atoms with Gasteiger partial charge in [-0.15, -0.1) is 0 Å². The smallest absolute Gasteiger partial charge is 0.204 e. The maximum absolute atomic E-state index is 13.5. The molecule has 1 unspecified atom stereocenters. The van der Waals surface area contributed by atoms with Crippen LogP contribution in [0.1, 0.15) is 38.8 Å². The maximum atomic E-state index is 13.5. The Morgan fingerprint density at radius 1 is 1.19 bits per heavy atom. The highest BCUT2D eigenvalue weighted by Crippen LogP contribution is 2.46. The lowest BCUT2D eigenvalue weighted by Crippen LogP contribution is -2.46. The van der Waals surface area contributed by atoms with E-state index in [9.17, 15) is 25.2 Å². The van der Waals surface area contributed by atoms with E-state index in [1.165, 1.54) is 18.4 Å². The molecule has 2 heterocycles. The molecule has 1 aliphatic heterocycles. The Balaban J connectivity index is 2.06. The Labute approximate surface area is 184 Å². The molecule has 1 aromatic heterocycles. The number of phenolic OH excluding ortho intramolecular Hbond substituents is 3. The molecule has 3 aromatic rings. The van der Waals surface area contributed by atoms with Crippen molar-refractivity contribution < 1.29 is 29.6 Å². The van der Waals surface area contributed by atoms with E-state index in [2.05, 4.69) is 0 Å². The summed E-state index contributed by atoms with van der Waals surface area (Å²) < 4.78 is 11.9. The second-order valence-electron chi connectivity index (χ2n) is 8.93. The fraction of sp³-hybridized carbons (Fsp3) is 0.320. The topological polar surface area (TPSA) is 120 Å². The number of phenols is 3. The highest BCUT2D eigenvalue weighted by atomic mass is 16.5. The lowest BCUT2D eigenvalue weighted by molar-refractivity contribution is -0.0415. The highest BCUT2D eigenvalue weighted by molar-refractivity contribution is 5.93. The van der Waals surface area contributed by atoms with Crippen molar-refractivity contribution in [2.75, 3.05) is 0 Å². The van der Waals surface area contributed by atoms with Crippen LogP contribution in [0.3, 0.4) is 0 Å². The Morgan fingerprint density at radius 2 is 1.91 bits per heavy atom. The van der Waals surface area contributed by atoms with Crippen molar-refractivity contribution in [1.82, 2.24) is 0 Å². The number of aliphatic hydroxyl groups excluding tert-OH is 1. The second kappa shape index (κ2) is 7.60. The van der Waals surface area contributed by atoms with Gasteiger partial charge in [0.2, 0.25) is 5.43 Å². The summed E-state index contributed by atoms with van der Waals surface area (Å²) in [6.07, 6.45) is 2.80. The summed E-state index contributed by atoms with van der Waals surface area (Å²) in [5.41, 5.74) is 0.905. The molecule has 0 radical (unpaired) electrons. The number of hydrogen-bond acceptors (Lipinski definition) is 7. The number of benzene rings is 2. The molecule has 1 atom stereocenters. The number of aromatic hydroxyl groups is 3. The van der Waals surface area contributed by atoms with Crippen molar-refractivity contribution in [3.05, 3.63) is 57.5 Å². The molecule has 2 aromatic carbocycles. The van der Waals surface area contributed by atoms with Crippen LogP contribution in [0.4, 0.5) is 0 Å². The molecule has 1 aliphatic rings. The summed E-state index contributed by atoms with van der Waals surface area (Å²) in [5, 5.41) is 41.6. The summed E-state index contributed by atoms with van der Waals surface area (Å²) in [7, 11) is 0. The first-order chi connectivity index (χ1) is 15.0. The van der Waals surface area contributed by atoms with Gasteiger partial charge in [0.25, 0.3) is 0 Å². The highest BCUT2D eigenvalue weighted by Gasteiger charge is 2.39. The van der Waals surface area contributed by atoms with Crippen LogP contribution in [0.25, 0.3) is 22.1 Å². The molecule has 4 N–H and O–H groups in total. The van der Waals surface area contributed by atoms with E-state index in [1.54, 1.807) is 13.8 Å². The third-order valence-electron chi connectivity index (χ3n) is 5.89. The zero-order valence-electron chi connectivity index (χ0n) is 18.4. The molecule has 0 aliphatic carbocycles. The molecular formula is C25H26O7. The number of hydrogen-bond donors (Lipinski definition) is 4. The SMILES string of the molecule is CC(C)=CCc1c2c(c3occ(-c4ccc(O)cc4O)c(=O)c3c1O)CC(O)C(C)(C)O2. The lowest BCUT2D eigenvalue weighted by atomic mass is 9.87. The van der Waals surface area contributed by atoms with E-state index in [0.29, 0.717) is 23.3 Å².